The Morgan fingerprint density at radius 2 is 1.73 bits per heavy atom. The third kappa shape index (κ3) is 3.15. The van der Waals surface area contributed by atoms with Crippen molar-refractivity contribution in [3.63, 3.8) is 0 Å². The first-order valence-corrected chi connectivity index (χ1v) is 8.14. The maximum atomic E-state index is 9.55. The van der Waals surface area contributed by atoms with Crippen molar-refractivity contribution < 1.29 is 9.47 Å². The maximum absolute atomic E-state index is 9.55. The second kappa shape index (κ2) is 7.34. The summed E-state index contributed by atoms with van der Waals surface area (Å²) < 4.78 is 10.6. The second-order valence-corrected chi connectivity index (χ2v) is 5.88. The van der Waals surface area contributed by atoms with Crippen molar-refractivity contribution in [2.75, 3.05) is 20.0 Å². The van der Waals surface area contributed by atoms with E-state index in [4.69, 9.17) is 26.8 Å². The van der Waals surface area contributed by atoms with E-state index in [1.165, 1.54) is 0 Å². The Bertz CT molecular complexity index is 1010. The zero-order chi connectivity index (χ0) is 18.7. The summed E-state index contributed by atoms with van der Waals surface area (Å²) in [6, 6.07) is 16.7. The monoisotopic (exact) mass is 365 g/mol. The minimum atomic E-state index is 0.148. The summed E-state index contributed by atoms with van der Waals surface area (Å²) in [6.07, 6.45) is 0. The van der Waals surface area contributed by atoms with Crippen molar-refractivity contribution in [2.24, 2.45) is 0 Å². The molecular formula is C20H16ClN3O2. The SMILES string of the molecule is COc1ccc(-c2cc(-c3ccccc3Cl)nc(N)c2C#N)cc1OC. The van der Waals surface area contributed by atoms with E-state index in [1.54, 1.807) is 38.5 Å². The fraction of sp³-hybridized carbons (Fsp3) is 0.100. The number of hydrogen-bond donors (Lipinski definition) is 1. The molecule has 0 atom stereocenters. The number of anilines is 1. The van der Waals surface area contributed by atoms with Gasteiger partial charge in [-0.15, -0.1) is 0 Å². The lowest BCUT2D eigenvalue weighted by atomic mass is 9.98. The molecule has 0 aliphatic heterocycles. The van der Waals surface area contributed by atoms with Crippen LogP contribution in [0.5, 0.6) is 11.5 Å². The molecule has 6 heteroatoms. The molecule has 0 radical (unpaired) electrons. The highest BCUT2D eigenvalue weighted by molar-refractivity contribution is 6.33. The van der Waals surface area contributed by atoms with Gasteiger partial charge in [0.25, 0.3) is 0 Å². The second-order valence-electron chi connectivity index (χ2n) is 5.48. The van der Waals surface area contributed by atoms with Crippen molar-refractivity contribution in [2.45, 2.75) is 0 Å². The van der Waals surface area contributed by atoms with Gasteiger partial charge in [-0.1, -0.05) is 35.9 Å². The zero-order valence-corrected chi connectivity index (χ0v) is 15.0. The van der Waals surface area contributed by atoms with Crippen LogP contribution in [0.15, 0.2) is 48.5 Å². The molecular weight excluding hydrogens is 350 g/mol. The molecule has 0 fully saturated rings. The molecule has 3 aromatic rings. The van der Waals surface area contributed by atoms with Crippen LogP contribution in [0.1, 0.15) is 5.56 Å². The Balaban J connectivity index is 2.24. The van der Waals surface area contributed by atoms with E-state index in [1.807, 2.05) is 24.3 Å². The van der Waals surface area contributed by atoms with Gasteiger partial charge in [0.15, 0.2) is 11.5 Å². The summed E-state index contributed by atoms with van der Waals surface area (Å²) in [5.41, 5.74) is 9.10. The molecule has 3 rings (SSSR count). The molecule has 0 spiro atoms. The maximum Gasteiger partial charge on any atom is 0.161 e. The molecule has 0 aliphatic rings. The number of methoxy groups -OCH3 is 2. The average molecular weight is 366 g/mol. The number of pyridine rings is 1. The van der Waals surface area contributed by atoms with Gasteiger partial charge in [-0.25, -0.2) is 4.98 Å². The molecule has 0 bridgehead atoms. The van der Waals surface area contributed by atoms with E-state index in [-0.39, 0.29) is 5.82 Å². The lowest BCUT2D eigenvalue weighted by Gasteiger charge is -2.13. The number of halogens is 1. The summed E-state index contributed by atoms with van der Waals surface area (Å²) in [5.74, 6) is 1.31. The molecule has 1 heterocycles. The van der Waals surface area contributed by atoms with Crippen molar-refractivity contribution in [3.8, 4) is 40.0 Å². The highest BCUT2D eigenvalue weighted by atomic mass is 35.5. The largest absolute Gasteiger partial charge is 0.493 e. The number of nitrogens with zero attached hydrogens (tertiary/aromatic N) is 2. The van der Waals surface area contributed by atoms with Crippen molar-refractivity contribution in [1.29, 1.82) is 5.26 Å². The lowest BCUT2D eigenvalue weighted by Crippen LogP contribution is -2.00. The highest BCUT2D eigenvalue weighted by Gasteiger charge is 2.16. The van der Waals surface area contributed by atoms with Gasteiger partial charge in [0.2, 0.25) is 0 Å². The summed E-state index contributed by atoms with van der Waals surface area (Å²) in [4.78, 5) is 4.35. The fourth-order valence-electron chi connectivity index (χ4n) is 2.72. The third-order valence-electron chi connectivity index (χ3n) is 4.00. The average Bonchev–Trinajstić information content (AvgIpc) is 2.67. The van der Waals surface area contributed by atoms with Crippen LogP contribution in [-0.2, 0) is 0 Å². The van der Waals surface area contributed by atoms with Gasteiger partial charge < -0.3 is 15.2 Å². The standard InChI is InChI=1S/C20H16ClN3O2/c1-25-18-8-7-12(9-19(18)26-2)14-10-17(24-20(23)15(14)11-22)13-5-3-4-6-16(13)21/h3-10H,1-2H3,(H2,23,24). The summed E-state index contributed by atoms with van der Waals surface area (Å²) in [5, 5.41) is 10.1. The van der Waals surface area contributed by atoms with E-state index in [0.29, 0.717) is 33.3 Å². The molecule has 26 heavy (non-hydrogen) atoms. The Hall–Kier alpha value is -3.23. The van der Waals surface area contributed by atoms with Gasteiger partial charge in [0.1, 0.15) is 17.5 Å². The molecule has 0 amide bonds. The van der Waals surface area contributed by atoms with E-state index in [2.05, 4.69) is 11.1 Å². The molecule has 0 saturated carbocycles. The summed E-state index contributed by atoms with van der Waals surface area (Å²) in [6.45, 7) is 0. The zero-order valence-electron chi connectivity index (χ0n) is 14.3. The predicted molar refractivity (Wildman–Crippen MR) is 102 cm³/mol. The van der Waals surface area contributed by atoms with Crippen LogP contribution >= 0.6 is 11.6 Å². The van der Waals surface area contributed by atoms with Crippen LogP contribution < -0.4 is 15.2 Å². The van der Waals surface area contributed by atoms with Crippen LogP contribution in [-0.4, -0.2) is 19.2 Å². The first-order valence-electron chi connectivity index (χ1n) is 7.77. The van der Waals surface area contributed by atoms with Crippen molar-refractivity contribution >= 4 is 17.4 Å². The highest BCUT2D eigenvalue weighted by Crippen LogP contribution is 2.37. The van der Waals surface area contributed by atoms with E-state index >= 15 is 0 Å². The molecule has 0 saturated heterocycles. The van der Waals surface area contributed by atoms with Crippen LogP contribution in [0.25, 0.3) is 22.4 Å². The van der Waals surface area contributed by atoms with Gasteiger partial charge in [-0.3, -0.25) is 0 Å². The van der Waals surface area contributed by atoms with Crippen LogP contribution in [0.4, 0.5) is 5.82 Å². The first kappa shape index (κ1) is 17.6. The van der Waals surface area contributed by atoms with Gasteiger partial charge in [-0.05, 0) is 29.8 Å². The smallest absolute Gasteiger partial charge is 0.161 e. The van der Waals surface area contributed by atoms with Crippen molar-refractivity contribution in [1.82, 2.24) is 4.98 Å². The van der Waals surface area contributed by atoms with Crippen LogP contribution in [0, 0.1) is 11.3 Å². The van der Waals surface area contributed by atoms with E-state index in [9.17, 15) is 5.26 Å². The number of rotatable bonds is 4. The molecule has 0 aliphatic carbocycles. The van der Waals surface area contributed by atoms with Crippen LogP contribution in [0.2, 0.25) is 5.02 Å². The minimum Gasteiger partial charge on any atom is -0.493 e. The number of nitrogen functional groups attached to an aromatic ring is 1. The quantitative estimate of drug-likeness (QED) is 0.734. The molecule has 5 nitrogen and oxygen atoms in total. The Morgan fingerprint density at radius 1 is 1.00 bits per heavy atom. The summed E-state index contributed by atoms with van der Waals surface area (Å²) >= 11 is 6.29. The number of aromatic nitrogens is 1. The number of ether oxygens (including phenoxy) is 2. The van der Waals surface area contributed by atoms with Crippen molar-refractivity contribution in [3.05, 3.63) is 59.1 Å². The molecule has 2 N–H and O–H groups in total. The van der Waals surface area contributed by atoms with Gasteiger partial charge >= 0.3 is 0 Å². The van der Waals surface area contributed by atoms with E-state index in [0.717, 1.165) is 11.1 Å². The predicted octanol–water partition coefficient (Wildman–Crippen LogP) is 4.54. The number of benzene rings is 2. The minimum absolute atomic E-state index is 0.148. The number of nitrogens with two attached hydrogens (primary N) is 1. The van der Waals surface area contributed by atoms with Gasteiger partial charge in [0, 0.05) is 16.1 Å². The first-order chi connectivity index (χ1) is 12.6. The molecule has 2 aromatic carbocycles. The fourth-order valence-corrected chi connectivity index (χ4v) is 2.95. The number of nitriles is 1. The normalized spacial score (nSPS) is 10.2. The van der Waals surface area contributed by atoms with Crippen LogP contribution in [0.3, 0.4) is 0 Å². The molecule has 130 valence electrons. The third-order valence-corrected chi connectivity index (χ3v) is 4.33. The molecule has 1 aromatic heterocycles. The van der Waals surface area contributed by atoms with Gasteiger partial charge in [-0.2, -0.15) is 5.26 Å². The summed E-state index contributed by atoms with van der Waals surface area (Å²) in [7, 11) is 3.13. The lowest BCUT2D eigenvalue weighted by molar-refractivity contribution is 0.355. The Kier molecular flexibility index (Phi) is 4.97. The Labute approximate surface area is 156 Å². The van der Waals surface area contributed by atoms with E-state index < -0.39 is 0 Å². The Morgan fingerprint density at radius 3 is 2.38 bits per heavy atom. The molecule has 0 unspecified atom stereocenters. The topological polar surface area (TPSA) is 81.2 Å². The number of hydrogen-bond acceptors (Lipinski definition) is 5. The van der Waals surface area contributed by atoms with Gasteiger partial charge in [0.05, 0.1) is 19.9 Å².